The first-order chi connectivity index (χ1) is 11.5. The number of ether oxygens (including phenoxy) is 1. The molecular formula is C10H14ClN5O8S. The summed E-state index contributed by atoms with van der Waals surface area (Å²) >= 11 is 5.74. The molecule has 0 aromatic carbocycles. The maximum Gasteiger partial charge on any atom is 0.394 e. The van der Waals surface area contributed by atoms with Gasteiger partial charge >= 0.3 is 10.4 Å². The highest BCUT2D eigenvalue weighted by Crippen LogP contribution is 2.32. The second-order valence-corrected chi connectivity index (χ2v) is 6.11. The maximum atomic E-state index is 9.99. The molecule has 2 aromatic rings. The first-order valence-corrected chi connectivity index (χ1v) is 8.28. The first-order valence-electron chi connectivity index (χ1n) is 6.50. The van der Waals surface area contributed by atoms with Crippen molar-refractivity contribution in [2.75, 3.05) is 12.3 Å². The zero-order valence-corrected chi connectivity index (χ0v) is 13.8. The molecule has 4 unspecified atom stereocenters. The van der Waals surface area contributed by atoms with Crippen molar-refractivity contribution in [3.63, 3.8) is 0 Å². The summed E-state index contributed by atoms with van der Waals surface area (Å²) < 4.78 is 38.4. The molecule has 0 spiro atoms. The van der Waals surface area contributed by atoms with E-state index in [0.717, 1.165) is 0 Å². The van der Waals surface area contributed by atoms with Gasteiger partial charge in [0.15, 0.2) is 17.7 Å². The number of aliphatic hydroxyl groups is 3. The van der Waals surface area contributed by atoms with E-state index in [-0.39, 0.29) is 16.7 Å². The summed E-state index contributed by atoms with van der Waals surface area (Å²) in [7, 11) is -4.67. The van der Waals surface area contributed by atoms with E-state index in [9.17, 15) is 10.2 Å². The third kappa shape index (κ3) is 4.50. The van der Waals surface area contributed by atoms with Crippen molar-refractivity contribution < 1.29 is 37.6 Å². The largest absolute Gasteiger partial charge is 0.394 e. The molecule has 3 rings (SSSR count). The zero-order valence-electron chi connectivity index (χ0n) is 12.2. The number of hydrogen-bond donors (Lipinski definition) is 6. The third-order valence-corrected chi connectivity index (χ3v) is 3.38. The molecule has 2 aromatic heterocycles. The van der Waals surface area contributed by atoms with Crippen molar-refractivity contribution in [1.82, 2.24) is 19.5 Å². The summed E-state index contributed by atoms with van der Waals surface area (Å²) in [5.74, 6) is 0.102. The second kappa shape index (κ2) is 7.30. The fourth-order valence-corrected chi connectivity index (χ4v) is 2.38. The quantitative estimate of drug-likeness (QED) is 0.239. The van der Waals surface area contributed by atoms with Crippen LogP contribution >= 0.6 is 11.6 Å². The zero-order chi connectivity index (χ0) is 18.9. The number of imidazole rings is 1. The molecule has 15 heteroatoms. The summed E-state index contributed by atoms with van der Waals surface area (Å²) in [6.07, 6.45) is -2.93. The summed E-state index contributed by atoms with van der Waals surface area (Å²) in [6, 6.07) is 0. The van der Waals surface area contributed by atoms with Gasteiger partial charge in [-0.25, -0.2) is 4.98 Å². The predicted octanol–water partition coefficient (Wildman–Crippen LogP) is -1.98. The van der Waals surface area contributed by atoms with Crippen LogP contribution in [0.4, 0.5) is 5.82 Å². The Morgan fingerprint density at radius 1 is 1.28 bits per heavy atom. The van der Waals surface area contributed by atoms with E-state index in [0.29, 0.717) is 5.52 Å². The smallest absolute Gasteiger partial charge is 0.394 e. The van der Waals surface area contributed by atoms with E-state index in [4.69, 9.17) is 44.7 Å². The Morgan fingerprint density at radius 3 is 2.40 bits per heavy atom. The Morgan fingerprint density at radius 2 is 1.88 bits per heavy atom. The van der Waals surface area contributed by atoms with Gasteiger partial charge < -0.3 is 25.8 Å². The number of nitrogens with zero attached hydrogens (tertiary/aromatic N) is 4. The van der Waals surface area contributed by atoms with Crippen LogP contribution in [0.3, 0.4) is 0 Å². The molecule has 0 saturated carbocycles. The lowest BCUT2D eigenvalue weighted by Crippen LogP contribution is -2.33. The number of anilines is 1. The van der Waals surface area contributed by atoms with E-state index in [2.05, 4.69) is 15.0 Å². The minimum atomic E-state index is -4.67. The van der Waals surface area contributed by atoms with Gasteiger partial charge in [0.1, 0.15) is 23.8 Å². The highest BCUT2D eigenvalue weighted by atomic mass is 35.5. The van der Waals surface area contributed by atoms with Crippen molar-refractivity contribution in [3.8, 4) is 0 Å². The average Bonchev–Trinajstić information content (AvgIpc) is 3.00. The van der Waals surface area contributed by atoms with E-state index >= 15 is 0 Å². The van der Waals surface area contributed by atoms with Gasteiger partial charge in [0.2, 0.25) is 5.28 Å². The van der Waals surface area contributed by atoms with Crippen molar-refractivity contribution in [1.29, 1.82) is 0 Å². The van der Waals surface area contributed by atoms with Gasteiger partial charge in [-0.3, -0.25) is 13.7 Å². The third-order valence-electron chi connectivity index (χ3n) is 3.21. The molecule has 0 bridgehead atoms. The van der Waals surface area contributed by atoms with Gasteiger partial charge in [-0.15, -0.1) is 0 Å². The Labute approximate surface area is 145 Å². The van der Waals surface area contributed by atoms with Crippen LogP contribution < -0.4 is 5.73 Å². The van der Waals surface area contributed by atoms with Crippen LogP contribution in [0.5, 0.6) is 0 Å². The molecule has 140 valence electrons. The van der Waals surface area contributed by atoms with Crippen LogP contribution in [-0.4, -0.2) is 77.3 Å². The molecule has 1 fully saturated rings. The first kappa shape index (κ1) is 19.7. The normalized spacial score (nSPS) is 26.5. The number of rotatable bonds is 2. The van der Waals surface area contributed by atoms with Crippen LogP contribution in [0.25, 0.3) is 11.2 Å². The Bertz CT molecular complexity index is 852. The summed E-state index contributed by atoms with van der Waals surface area (Å²) in [5.41, 5.74) is 6.27. The Kier molecular flexibility index (Phi) is 5.75. The Balaban J connectivity index is 0.000000399. The number of nitrogens with two attached hydrogens (primary N) is 1. The molecule has 4 atom stereocenters. The molecule has 25 heavy (non-hydrogen) atoms. The summed E-state index contributed by atoms with van der Waals surface area (Å²) in [4.78, 5) is 11.8. The topological polar surface area (TPSA) is 214 Å². The monoisotopic (exact) mass is 399 g/mol. The number of halogens is 1. The van der Waals surface area contributed by atoms with Gasteiger partial charge in [0, 0.05) is 0 Å². The molecule has 0 radical (unpaired) electrons. The summed E-state index contributed by atoms with van der Waals surface area (Å²) in [5, 5.41) is 28.8. The fourth-order valence-electron chi connectivity index (χ4n) is 2.21. The highest BCUT2D eigenvalue weighted by Gasteiger charge is 2.44. The van der Waals surface area contributed by atoms with Gasteiger partial charge in [-0.2, -0.15) is 18.4 Å². The summed E-state index contributed by atoms with van der Waals surface area (Å²) in [6.45, 7) is -0.417. The number of aromatic nitrogens is 4. The molecule has 0 aliphatic carbocycles. The SMILES string of the molecule is Nc1nc(Cl)nc2c1ncn2C1OC(CO)C(O)C1O.O=S(=O)(O)O. The van der Waals surface area contributed by atoms with Crippen LogP contribution in [-0.2, 0) is 15.1 Å². The Hall–Kier alpha value is -1.65. The lowest BCUT2D eigenvalue weighted by atomic mass is 10.1. The standard InChI is InChI=1S/C10H12ClN5O4.H2O4S/c11-10-14-7(12)4-8(15-10)16(2-13-4)9-6(19)5(18)3(1-17)20-9;1-5(2,3)4/h2-3,5-6,9,17-19H,1H2,(H2,12,14,15);(H2,1,2,3,4). The number of hydrogen-bond acceptors (Lipinski definition) is 10. The molecule has 7 N–H and O–H groups in total. The lowest BCUT2D eigenvalue weighted by molar-refractivity contribution is -0.0511. The van der Waals surface area contributed by atoms with Crippen LogP contribution in [0.1, 0.15) is 6.23 Å². The van der Waals surface area contributed by atoms with E-state index < -0.39 is 41.5 Å². The van der Waals surface area contributed by atoms with Gasteiger partial charge in [-0.1, -0.05) is 0 Å². The minimum absolute atomic E-state index is 0.0662. The second-order valence-electron chi connectivity index (χ2n) is 4.88. The molecule has 3 heterocycles. The molecule has 1 saturated heterocycles. The molecule has 1 aliphatic rings. The highest BCUT2D eigenvalue weighted by molar-refractivity contribution is 7.79. The van der Waals surface area contributed by atoms with Crippen molar-refractivity contribution in [3.05, 3.63) is 11.6 Å². The van der Waals surface area contributed by atoms with Gasteiger partial charge in [0.25, 0.3) is 0 Å². The number of fused-ring (bicyclic) bond motifs is 1. The molecular weight excluding hydrogens is 386 g/mol. The van der Waals surface area contributed by atoms with Crippen molar-refractivity contribution in [2.24, 2.45) is 0 Å². The van der Waals surface area contributed by atoms with Gasteiger partial charge in [-0.05, 0) is 11.6 Å². The van der Waals surface area contributed by atoms with Crippen LogP contribution in [0, 0.1) is 0 Å². The van der Waals surface area contributed by atoms with Gasteiger partial charge in [0.05, 0.1) is 12.9 Å². The number of aliphatic hydroxyl groups excluding tert-OH is 3. The molecule has 1 aliphatic heterocycles. The van der Waals surface area contributed by atoms with Crippen LogP contribution in [0.2, 0.25) is 5.28 Å². The molecule has 13 nitrogen and oxygen atoms in total. The van der Waals surface area contributed by atoms with Crippen molar-refractivity contribution in [2.45, 2.75) is 24.5 Å². The van der Waals surface area contributed by atoms with E-state index in [1.807, 2.05) is 0 Å². The van der Waals surface area contributed by atoms with E-state index in [1.165, 1.54) is 10.9 Å². The maximum absolute atomic E-state index is 9.99. The predicted molar refractivity (Wildman–Crippen MR) is 81.9 cm³/mol. The fraction of sp³-hybridized carbons (Fsp3) is 0.500. The molecule has 0 amide bonds. The lowest BCUT2D eigenvalue weighted by Gasteiger charge is -2.16. The minimum Gasteiger partial charge on any atom is -0.394 e. The average molecular weight is 400 g/mol. The van der Waals surface area contributed by atoms with Crippen LogP contribution in [0.15, 0.2) is 6.33 Å². The van der Waals surface area contributed by atoms with E-state index in [1.54, 1.807) is 0 Å². The number of nitrogen functional groups attached to an aromatic ring is 1. The van der Waals surface area contributed by atoms with Crippen molar-refractivity contribution >= 4 is 39.0 Å².